The van der Waals surface area contributed by atoms with Crippen molar-refractivity contribution in [3.8, 4) is 0 Å². The Labute approximate surface area is 181 Å². The fourth-order valence-corrected chi connectivity index (χ4v) is 4.31. The second-order valence-corrected chi connectivity index (χ2v) is 8.38. The Kier molecular flexibility index (Phi) is 5.90. The van der Waals surface area contributed by atoms with E-state index in [1.165, 1.54) is 29.2 Å². The van der Waals surface area contributed by atoms with Crippen molar-refractivity contribution >= 4 is 38.5 Å². The summed E-state index contributed by atoms with van der Waals surface area (Å²) in [6, 6.07) is 10.9. The smallest absolute Gasteiger partial charge is 0.290 e. The Morgan fingerprint density at radius 2 is 1.83 bits per heavy atom. The number of aromatic nitrogens is 1. The first-order chi connectivity index (χ1) is 14.4. The van der Waals surface area contributed by atoms with Gasteiger partial charge in [-0.2, -0.15) is 0 Å². The molecule has 1 aliphatic rings. The summed E-state index contributed by atoms with van der Waals surface area (Å²) in [6.45, 7) is 0.856. The van der Waals surface area contributed by atoms with E-state index in [4.69, 9.17) is 0 Å². The predicted octanol–water partition coefficient (Wildman–Crippen LogP) is 4.79. The van der Waals surface area contributed by atoms with Gasteiger partial charge in [-0.15, -0.1) is 0 Å². The largest absolute Gasteiger partial charge is 0.336 e. The number of carbonyl (C=O) groups is 2. The summed E-state index contributed by atoms with van der Waals surface area (Å²) in [7, 11) is 0. The van der Waals surface area contributed by atoms with Crippen molar-refractivity contribution in [2.45, 2.75) is 25.2 Å². The van der Waals surface area contributed by atoms with Crippen molar-refractivity contribution in [1.82, 2.24) is 9.88 Å². The number of fused-ring (bicyclic) bond motifs is 1. The molecule has 0 atom stereocenters. The molecule has 1 aromatic heterocycles. The maximum atomic E-state index is 14.0. The SMILES string of the molecule is O=C(Cc1ccc(Br)cc1F)C(=O)N1CCC(c2ccnc3ccc(F)cc23)CC1. The van der Waals surface area contributed by atoms with E-state index >= 15 is 0 Å². The van der Waals surface area contributed by atoms with E-state index in [2.05, 4.69) is 20.9 Å². The van der Waals surface area contributed by atoms with Gasteiger partial charge in [0.1, 0.15) is 11.6 Å². The third-order valence-corrected chi connectivity index (χ3v) is 6.06. The van der Waals surface area contributed by atoms with Crippen molar-refractivity contribution in [2.24, 2.45) is 0 Å². The van der Waals surface area contributed by atoms with Crippen LogP contribution in [0.2, 0.25) is 0 Å². The molecule has 4 rings (SSSR count). The van der Waals surface area contributed by atoms with Gasteiger partial charge in [0.2, 0.25) is 5.78 Å². The van der Waals surface area contributed by atoms with Gasteiger partial charge in [0.05, 0.1) is 5.52 Å². The van der Waals surface area contributed by atoms with Crippen LogP contribution in [0.5, 0.6) is 0 Å². The monoisotopic (exact) mass is 472 g/mol. The summed E-state index contributed by atoms with van der Waals surface area (Å²) in [5.41, 5.74) is 1.95. The number of piperidine rings is 1. The van der Waals surface area contributed by atoms with Gasteiger partial charge in [-0.1, -0.05) is 22.0 Å². The number of amides is 1. The highest BCUT2D eigenvalue weighted by molar-refractivity contribution is 9.10. The van der Waals surface area contributed by atoms with Gasteiger partial charge in [-0.25, -0.2) is 8.78 Å². The number of likely N-dealkylation sites (tertiary alicyclic amines) is 1. The minimum Gasteiger partial charge on any atom is -0.336 e. The molecule has 0 unspecified atom stereocenters. The molecule has 0 bridgehead atoms. The molecule has 3 aromatic rings. The van der Waals surface area contributed by atoms with Crippen LogP contribution in [0.4, 0.5) is 8.78 Å². The molecule has 1 fully saturated rings. The molecule has 2 heterocycles. The van der Waals surface area contributed by atoms with Crippen molar-refractivity contribution in [3.63, 3.8) is 0 Å². The zero-order chi connectivity index (χ0) is 21.3. The summed E-state index contributed by atoms with van der Waals surface area (Å²) in [5, 5.41) is 0.782. The molecule has 1 saturated heterocycles. The number of rotatable bonds is 4. The quantitative estimate of drug-likeness (QED) is 0.512. The van der Waals surface area contributed by atoms with Crippen LogP contribution in [0.3, 0.4) is 0 Å². The molecule has 0 saturated carbocycles. The molecular formula is C23H19BrF2N2O2. The summed E-state index contributed by atoms with van der Waals surface area (Å²) in [4.78, 5) is 30.8. The van der Waals surface area contributed by atoms with E-state index in [0.717, 1.165) is 16.5 Å². The number of carbonyl (C=O) groups excluding carboxylic acids is 2. The maximum absolute atomic E-state index is 14.0. The van der Waals surface area contributed by atoms with Gasteiger partial charge in [0, 0.05) is 35.6 Å². The lowest BCUT2D eigenvalue weighted by Gasteiger charge is -2.32. The molecule has 2 aromatic carbocycles. The molecule has 0 aliphatic carbocycles. The van der Waals surface area contributed by atoms with E-state index in [0.29, 0.717) is 30.4 Å². The van der Waals surface area contributed by atoms with Crippen LogP contribution >= 0.6 is 15.9 Å². The van der Waals surface area contributed by atoms with E-state index in [1.54, 1.807) is 18.3 Å². The second-order valence-electron chi connectivity index (χ2n) is 7.46. The van der Waals surface area contributed by atoms with E-state index in [-0.39, 0.29) is 23.7 Å². The number of hydrogen-bond donors (Lipinski definition) is 0. The maximum Gasteiger partial charge on any atom is 0.290 e. The van der Waals surface area contributed by atoms with Crippen molar-refractivity contribution in [3.05, 3.63) is 75.9 Å². The van der Waals surface area contributed by atoms with E-state index < -0.39 is 17.5 Å². The lowest BCUT2D eigenvalue weighted by molar-refractivity contribution is -0.145. The Balaban J connectivity index is 1.42. The van der Waals surface area contributed by atoms with Gasteiger partial charge in [0.15, 0.2) is 0 Å². The van der Waals surface area contributed by atoms with Crippen LogP contribution < -0.4 is 0 Å². The molecule has 154 valence electrons. The molecule has 7 heteroatoms. The molecular weight excluding hydrogens is 454 g/mol. The zero-order valence-corrected chi connectivity index (χ0v) is 17.7. The van der Waals surface area contributed by atoms with Gasteiger partial charge in [-0.05, 0) is 66.3 Å². The zero-order valence-electron chi connectivity index (χ0n) is 16.1. The number of halogens is 3. The first-order valence-corrected chi connectivity index (χ1v) is 10.5. The number of hydrogen-bond acceptors (Lipinski definition) is 3. The highest BCUT2D eigenvalue weighted by Crippen LogP contribution is 2.33. The molecule has 0 radical (unpaired) electrons. The first-order valence-electron chi connectivity index (χ1n) is 9.72. The third kappa shape index (κ3) is 4.26. The lowest BCUT2D eigenvalue weighted by Crippen LogP contribution is -2.42. The molecule has 1 aliphatic heterocycles. The lowest BCUT2D eigenvalue weighted by atomic mass is 9.87. The van der Waals surface area contributed by atoms with Crippen molar-refractivity contribution < 1.29 is 18.4 Å². The first kappa shape index (κ1) is 20.6. The van der Waals surface area contributed by atoms with Crippen LogP contribution in [0.25, 0.3) is 10.9 Å². The van der Waals surface area contributed by atoms with E-state index in [1.807, 2.05) is 6.07 Å². The van der Waals surface area contributed by atoms with Gasteiger partial charge in [0.25, 0.3) is 5.91 Å². The molecule has 30 heavy (non-hydrogen) atoms. The molecule has 4 nitrogen and oxygen atoms in total. The van der Waals surface area contributed by atoms with Gasteiger partial charge >= 0.3 is 0 Å². The molecule has 1 amide bonds. The highest BCUT2D eigenvalue weighted by atomic mass is 79.9. The average molecular weight is 473 g/mol. The fourth-order valence-electron chi connectivity index (χ4n) is 3.98. The summed E-state index contributed by atoms with van der Waals surface area (Å²) >= 11 is 3.17. The standard InChI is InChI=1S/C23H19BrF2N2O2/c24-16-2-1-15(20(26)12-16)11-22(29)23(30)28-9-6-14(7-10-28)18-5-8-27-21-4-3-17(25)13-19(18)21/h1-5,8,12-14H,6-7,9-11H2. The van der Waals surface area contributed by atoms with Gasteiger partial charge < -0.3 is 4.90 Å². The normalized spacial score (nSPS) is 14.8. The van der Waals surface area contributed by atoms with Crippen molar-refractivity contribution in [1.29, 1.82) is 0 Å². The number of benzene rings is 2. The highest BCUT2D eigenvalue weighted by Gasteiger charge is 2.28. The van der Waals surface area contributed by atoms with Crippen LogP contribution in [-0.2, 0) is 16.0 Å². The third-order valence-electron chi connectivity index (χ3n) is 5.56. The number of Topliss-reactive ketones (excluding diaryl/α,β-unsaturated/α-hetero) is 1. The topological polar surface area (TPSA) is 50.3 Å². The van der Waals surface area contributed by atoms with Crippen LogP contribution in [-0.4, -0.2) is 34.7 Å². The minimum absolute atomic E-state index is 0.153. The van der Waals surface area contributed by atoms with Crippen LogP contribution in [0.1, 0.15) is 29.9 Å². The Hall–Kier alpha value is -2.67. The molecule has 0 spiro atoms. The Bertz CT molecular complexity index is 1130. The summed E-state index contributed by atoms with van der Waals surface area (Å²) < 4.78 is 28.3. The minimum atomic E-state index is -0.619. The number of ketones is 1. The number of nitrogens with zero attached hydrogens (tertiary/aromatic N) is 2. The van der Waals surface area contributed by atoms with Crippen LogP contribution in [0.15, 0.2) is 53.1 Å². The predicted molar refractivity (Wildman–Crippen MR) is 113 cm³/mol. The number of pyridine rings is 1. The average Bonchev–Trinajstić information content (AvgIpc) is 2.75. The summed E-state index contributed by atoms with van der Waals surface area (Å²) in [5.74, 6) is -1.87. The molecule has 0 N–H and O–H groups in total. The second kappa shape index (κ2) is 8.60. The Morgan fingerprint density at radius 1 is 1.07 bits per heavy atom. The van der Waals surface area contributed by atoms with Gasteiger partial charge in [-0.3, -0.25) is 14.6 Å². The summed E-state index contributed by atoms with van der Waals surface area (Å²) in [6.07, 6.45) is 2.79. The Morgan fingerprint density at radius 3 is 2.57 bits per heavy atom. The fraction of sp³-hybridized carbons (Fsp3) is 0.261. The van der Waals surface area contributed by atoms with Crippen LogP contribution in [0, 0.1) is 11.6 Å². The van der Waals surface area contributed by atoms with Crippen molar-refractivity contribution in [2.75, 3.05) is 13.1 Å². The van der Waals surface area contributed by atoms with E-state index in [9.17, 15) is 18.4 Å².